The van der Waals surface area contributed by atoms with Crippen molar-refractivity contribution >= 4 is 34.8 Å². The van der Waals surface area contributed by atoms with Crippen molar-refractivity contribution in [3.63, 3.8) is 0 Å². The highest BCUT2D eigenvalue weighted by Crippen LogP contribution is 2.30. The molecular weight excluding hydrogens is 392 g/mol. The Morgan fingerprint density at radius 1 is 1.24 bits per heavy atom. The number of nitrogens with zero attached hydrogens (tertiary/aromatic N) is 3. The van der Waals surface area contributed by atoms with Gasteiger partial charge < -0.3 is 14.7 Å². The molecule has 4 rings (SSSR count). The molecule has 2 amide bonds. The van der Waals surface area contributed by atoms with Crippen LogP contribution < -0.4 is 10.2 Å². The van der Waals surface area contributed by atoms with Crippen LogP contribution in [0.4, 0.5) is 11.4 Å². The van der Waals surface area contributed by atoms with E-state index in [1.165, 1.54) is 0 Å². The Balaban J connectivity index is 1.50. The van der Waals surface area contributed by atoms with Crippen molar-refractivity contribution < 1.29 is 14.1 Å². The Kier molecular flexibility index (Phi) is 5.07. The number of hydrogen-bond acceptors (Lipinski definition) is 5. The lowest BCUT2D eigenvalue weighted by molar-refractivity contribution is -0.122. The molecule has 29 heavy (non-hydrogen) atoms. The van der Waals surface area contributed by atoms with Gasteiger partial charge in [0, 0.05) is 31.1 Å². The van der Waals surface area contributed by atoms with Crippen LogP contribution in [0.25, 0.3) is 11.4 Å². The molecule has 0 radical (unpaired) electrons. The molecule has 0 bridgehead atoms. The van der Waals surface area contributed by atoms with Gasteiger partial charge in [0.25, 0.3) is 0 Å². The maximum absolute atomic E-state index is 12.7. The highest BCUT2D eigenvalue weighted by Gasteiger charge is 2.35. The molecule has 1 aliphatic heterocycles. The summed E-state index contributed by atoms with van der Waals surface area (Å²) in [7, 11) is 0. The zero-order valence-electron chi connectivity index (χ0n) is 16.0. The summed E-state index contributed by atoms with van der Waals surface area (Å²) < 4.78 is 5.02. The number of aromatic nitrogens is 2. The lowest BCUT2D eigenvalue weighted by atomic mass is 10.1. The zero-order chi connectivity index (χ0) is 20.5. The third-order valence-electron chi connectivity index (χ3n) is 4.82. The Morgan fingerprint density at radius 3 is 2.79 bits per heavy atom. The monoisotopic (exact) mass is 410 g/mol. The molecule has 2 heterocycles. The molecule has 1 aliphatic rings. The highest BCUT2D eigenvalue weighted by molar-refractivity contribution is 6.33. The standard InChI is InChI=1S/C21H19ClN4O3/c1-12-6-7-18(17(22)8-12)24-21(28)15-10-19(27)26(11-15)16-5-3-4-14(9-16)20-23-13(2)29-25-20/h3-9,15H,10-11H2,1-2H3,(H,24,28)/t15-/m0/s1. The predicted octanol–water partition coefficient (Wildman–Crippen LogP) is 4.00. The molecule has 0 saturated carbocycles. The largest absolute Gasteiger partial charge is 0.339 e. The zero-order valence-corrected chi connectivity index (χ0v) is 16.7. The highest BCUT2D eigenvalue weighted by atomic mass is 35.5. The summed E-state index contributed by atoms with van der Waals surface area (Å²) in [5, 5.41) is 7.22. The van der Waals surface area contributed by atoms with Crippen LogP contribution in [0.3, 0.4) is 0 Å². The quantitative estimate of drug-likeness (QED) is 0.702. The molecule has 148 valence electrons. The molecular formula is C21H19ClN4O3. The van der Waals surface area contributed by atoms with Gasteiger partial charge >= 0.3 is 0 Å². The van der Waals surface area contributed by atoms with E-state index in [4.69, 9.17) is 16.1 Å². The molecule has 2 aromatic carbocycles. The number of halogens is 1. The smallest absolute Gasteiger partial charge is 0.229 e. The number of aryl methyl sites for hydroxylation is 2. The van der Waals surface area contributed by atoms with E-state index in [-0.39, 0.29) is 18.2 Å². The van der Waals surface area contributed by atoms with Crippen LogP contribution in [-0.2, 0) is 9.59 Å². The summed E-state index contributed by atoms with van der Waals surface area (Å²) >= 11 is 6.20. The predicted molar refractivity (Wildman–Crippen MR) is 110 cm³/mol. The number of carbonyl (C=O) groups is 2. The lowest BCUT2D eigenvalue weighted by Gasteiger charge is -2.17. The van der Waals surface area contributed by atoms with Gasteiger partial charge in [0.1, 0.15) is 0 Å². The van der Waals surface area contributed by atoms with Crippen molar-refractivity contribution in [2.75, 3.05) is 16.8 Å². The SMILES string of the molecule is Cc1ccc(NC(=O)[C@H]2CC(=O)N(c3cccc(-c4noc(C)n4)c3)C2)c(Cl)c1. The minimum Gasteiger partial charge on any atom is -0.339 e. The average molecular weight is 411 g/mol. The number of rotatable bonds is 4. The van der Waals surface area contributed by atoms with Crippen molar-refractivity contribution in [2.24, 2.45) is 5.92 Å². The van der Waals surface area contributed by atoms with Crippen molar-refractivity contribution in [2.45, 2.75) is 20.3 Å². The number of carbonyl (C=O) groups excluding carboxylic acids is 2. The number of nitrogens with one attached hydrogen (secondary N) is 1. The molecule has 0 unspecified atom stereocenters. The average Bonchev–Trinajstić information content (AvgIpc) is 3.30. The fourth-order valence-corrected chi connectivity index (χ4v) is 3.60. The summed E-state index contributed by atoms with van der Waals surface area (Å²) in [5.74, 6) is 0.127. The molecule has 1 saturated heterocycles. The maximum atomic E-state index is 12.7. The second-order valence-corrected chi connectivity index (χ2v) is 7.47. The first-order valence-electron chi connectivity index (χ1n) is 9.19. The van der Waals surface area contributed by atoms with Gasteiger partial charge in [0.2, 0.25) is 23.5 Å². The molecule has 7 nitrogen and oxygen atoms in total. The van der Waals surface area contributed by atoms with E-state index in [1.54, 1.807) is 24.0 Å². The normalized spacial score (nSPS) is 16.3. The summed E-state index contributed by atoms with van der Waals surface area (Å²) in [6.07, 6.45) is 0.140. The van der Waals surface area contributed by atoms with Gasteiger partial charge in [-0.3, -0.25) is 9.59 Å². The molecule has 1 atom stereocenters. The first-order valence-corrected chi connectivity index (χ1v) is 9.56. The van der Waals surface area contributed by atoms with Gasteiger partial charge in [-0.05, 0) is 36.8 Å². The van der Waals surface area contributed by atoms with Crippen LogP contribution in [-0.4, -0.2) is 28.5 Å². The molecule has 1 fully saturated rings. The Hall–Kier alpha value is -3.19. The summed E-state index contributed by atoms with van der Waals surface area (Å²) in [5.41, 5.74) is 2.99. The van der Waals surface area contributed by atoms with Crippen molar-refractivity contribution in [1.29, 1.82) is 0 Å². The molecule has 1 N–H and O–H groups in total. The van der Waals surface area contributed by atoms with Crippen molar-refractivity contribution in [3.8, 4) is 11.4 Å². The fraction of sp³-hybridized carbons (Fsp3) is 0.238. The molecule has 0 aliphatic carbocycles. The third-order valence-corrected chi connectivity index (χ3v) is 5.13. The number of benzene rings is 2. The topological polar surface area (TPSA) is 88.3 Å². The molecule has 3 aromatic rings. The van der Waals surface area contributed by atoms with Gasteiger partial charge in [-0.25, -0.2) is 0 Å². The number of amides is 2. The van der Waals surface area contributed by atoms with Crippen molar-refractivity contribution in [1.82, 2.24) is 10.1 Å². The molecule has 0 spiro atoms. The Labute approximate surface area is 172 Å². The fourth-order valence-electron chi connectivity index (χ4n) is 3.32. The van der Waals surface area contributed by atoms with Gasteiger partial charge in [0.05, 0.1) is 16.6 Å². The molecule has 1 aromatic heterocycles. The van der Waals surface area contributed by atoms with Crippen LogP contribution in [0.1, 0.15) is 17.9 Å². The summed E-state index contributed by atoms with van der Waals surface area (Å²) in [6, 6.07) is 12.7. The van der Waals surface area contributed by atoms with E-state index < -0.39 is 5.92 Å². The minimum atomic E-state index is -0.462. The summed E-state index contributed by atoms with van der Waals surface area (Å²) in [4.78, 5) is 31.1. The van der Waals surface area contributed by atoms with E-state index in [9.17, 15) is 9.59 Å². The first-order chi connectivity index (χ1) is 13.9. The van der Waals surface area contributed by atoms with Crippen LogP contribution in [0.15, 0.2) is 47.0 Å². The van der Waals surface area contributed by atoms with Crippen LogP contribution in [0.2, 0.25) is 5.02 Å². The van der Waals surface area contributed by atoms with Gasteiger partial charge in [-0.15, -0.1) is 0 Å². The van der Waals surface area contributed by atoms with E-state index >= 15 is 0 Å². The van der Waals surface area contributed by atoms with Gasteiger partial charge in [0.15, 0.2) is 0 Å². The second-order valence-electron chi connectivity index (χ2n) is 7.07. The van der Waals surface area contributed by atoms with Gasteiger partial charge in [-0.1, -0.05) is 35.0 Å². The van der Waals surface area contributed by atoms with Crippen LogP contribution in [0.5, 0.6) is 0 Å². The minimum absolute atomic E-state index is 0.110. The second kappa shape index (κ2) is 7.67. The van der Waals surface area contributed by atoms with E-state index in [0.29, 0.717) is 34.7 Å². The van der Waals surface area contributed by atoms with E-state index in [2.05, 4.69) is 15.5 Å². The van der Waals surface area contributed by atoms with E-state index in [1.807, 2.05) is 37.3 Å². The summed E-state index contributed by atoms with van der Waals surface area (Å²) in [6.45, 7) is 3.94. The number of hydrogen-bond donors (Lipinski definition) is 1. The van der Waals surface area contributed by atoms with E-state index in [0.717, 1.165) is 11.1 Å². The Morgan fingerprint density at radius 2 is 2.07 bits per heavy atom. The third kappa shape index (κ3) is 4.00. The maximum Gasteiger partial charge on any atom is 0.229 e. The van der Waals surface area contributed by atoms with Crippen molar-refractivity contribution in [3.05, 3.63) is 58.9 Å². The lowest BCUT2D eigenvalue weighted by Crippen LogP contribution is -2.28. The molecule has 8 heteroatoms. The number of anilines is 2. The Bertz CT molecular complexity index is 1100. The van der Waals surface area contributed by atoms with Crippen LogP contribution >= 0.6 is 11.6 Å². The first kappa shape index (κ1) is 19.1. The van der Waals surface area contributed by atoms with Gasteiger partial charge in [-0.2, -0.15) is 4.98 Å². The van der Waals surface area contributed by atoms with Crippen LogP contribution in [0, 0.1) is 19.8 Å².